The van der Waals surface area contributed by atoms with Gasteiger partial charge in [0, 0.05) is 24.9 Å². The number of carbonyl (C=O) groups excluding carboxylic acids is 1. The van der Waals surface area contributed by atoms with Crippen LogP contribution in [0.2, 0.25) is 0 Å². The molecule has 1 amide bonds. The topological polar surface area (TPSA) is 41.1 Å². The molecule has 2 rings (SSSR count). The molecule has 0 spiro atoms. The van der Waals surface area contributed by atoms with Crippen LogP contribution in [-0.2, 0) is 4.79 Å². The van der Waals surface area contributed by atoms with Crippen molar-refractivity contribution in [1.82, 2.24) is 10.6 Å². The lowest BCUT2D eigenvalue weighted by Crippen LogP contribution is -2.35. The molecule has 16 heavy (non-hydrogen) atoms. The Balaban J connectivity index is 1.56. The Morgan fingerprint density at radius 2 is 2.06 bits per heavy atom. The normalized spacial score (nSPS) is 22.6. The molecular formula is C13H24N2O. The van der Waals surface area contributed by atoms with Crippen LogP contribution in [-0.4, -0.2) is 26.0 Å². The van der Waals surface area contributed by atoms with Gasteiger partial charge in [-0.05, 0) is 32.2 Å². The molecular weight excluding hydrogens is 200 g/mol. The van der Waals surface area contributed by atoms with Crippen molar-refractivity contribution in [2.24, 2.45) is 11.3 Å². The zero-order chi connectivity index (χ0) is 11.4. The van der Waals surface area contributed by atoms with Crippen molar-refractivity contribution in [3.63, 3.8) is 0 Å². The van der Waals surface area contributed by atoms with Crippen LogP contribution in [0.25, 0.3) is 0 Å². The first-order valence-electron chi connectivity index (χ1n) is 6.65. The summed E-state index contributed by atoms with van der Waals surface area (Å²) in [7, 11) is 1.98. The second-order valence-corrected chi connectivity index (χ2v) is 5.64. The van der Waals surface area contributed by atoms with Gasteiger partial charge in [-0.3, -0.25) is 4.79 Å². The van der Waals surface area contributed by atoms with Gasteiger partial charge in [0.25, 0.3) is 0 Å². The third-order valence-electron chi connectivity index (χ3n) is 4.17. The number of hydrogen-bond acceptors (Lipinski definition) is 2. The highest BCUT2D eigenvalue weighted by Crippen LogP contribution is 2.44. The predicted octanol–water partition coefficient (Wildman–Crippen LogP) is 1.68. The van der Waals surface area contributed by atoms with Gasteiger partial charge in [0.2, 0.25) is 5.91 Å². The lowest BCUT2D eigenvalue weighted by atomic mass is 9.82. The lowest BCUT2D eigenvalue weighted by molar-refractivity contribution is -0.121. The van der Waals surface area contributed by atoms with Crippen LogP contribution < -0.4 is 10.6 Å². The number of carbonyl (C=O) groups is 1. The zero-order valence-electron chi connectivity index (χ0n) is 10.3. The molecule has 2 aliphatic rings. The molecule has 0 aromatic carbocycles. The van der Waals surface area contributed by atoms with Gasteiger partial charge in [0.1, 0.15) is 0 Å². The summed E-state index contributed by atoms with van der Waals surface area (Å²) in [6, 6.07) is 0. The van der Waals surface area contributed by atoms with E-state index in [-0.39, 0.29) is 5.91 Å². The minimum absolute atomic E-state index is 0.259. The van der Waals surface area contributed by atoms with E-state index >= 15 is 0 Å². The van der Waals surface area contributed by atoms with Crippen molar-refractivity contribution in [3.8, 4) is 0 Å². The lowest BCUT2D eigenvalue weighted by Gasteiger charge is -2.25. The van der Waals surface area contributed by atoms with Crippen LogP contribution in [0.3, 0.4) is 0 Å². The van der Waals surface area contributed by atoms with E-state index in [4.69, 9.17) is 0 Å². The van der Waals surface area contributed by atoms with Gasteiger partial charge in [-0.25, -0.2) is 0 Å². The largest absolute Gasteiger partial charge is 0.355 e. The summed E-state index contributed by atoms with van der Waals surface area (Å²) in [6.45, 7) is 1.91. The van der Waals surface area contributed by atoms with Crippen LogP contribution in [0.1, 0.15) is 44.9 Å². The summed E-state index contributed by atoms with van der Waals surface area (Å²) < 4.78 is 0. The first-order valence-corrected chi connectivity index (χ1v) is 6.65. The second kappa shape index (κ2) is 5.17. The van der Waals surface area contributed by atoms with Crippen LogP contribution >= 0.6 is 0 Å². The van der Waals surface area contributed by atoms with Gasteiger partial charge in [-0.15, -0.1) is 0 Å². The SMILES string of the molecule is CNCC1(CNC(=O)CCC2CCC2)CC1. The van der Waals surface area contributed by atoms with E-state index in [0.29, 0.717) is 5.41 Å². The quantitative estimate of drug-likeness (QED) is 0.691. The fourth-order valence-electron chi connectivity index (χ4n) is 2.46. The van der Waals surface area contributed by atoms with Crippen molar-refractivity contribution in [3.05, 3.63) is 0 Å². The van der Waals surface area contributed by atoms with Gasteiger partial charge < -0.3 is 10.6 Å². The fourth-order valence-corrected chi connectivity index (χ4v) is 2.46. The predicted molar refractivity (Wildman–Crippen MR) is 65.2 cm³/mol. The molecule has 0 heterocycles. The third-order valence-corrected chi connectivity index (χ3v) is 4.17. The van der Waals surface area contributed by atoms with Crippen LogP contribution in [0.5, 0.6) is 0 Å². The summed E-state index contributed by atoms with van der Waals surface area (Å²) >= 11 is 0. The Hall–Kier alpha value is -0.570. The maximum atomic E-state index is 11.6. The molecule has 0 aliphatic heterocycles. The first-order chi connectivity index (χ1) is 7.74. The smallest absolute Gasteiger partial charge is 0.220 e. The van der Waals surface area contributed by atoms with Gasteiger partial charge in [0.15, 0.2) is 0 Å². The number of amides is 1. The summed E-state index contributed by atoms with van der Waals surface area (Å²) in [4.78, 5) is 11.6. The Morgan fingerprint density at radius 3 is 2.56 bits per heavy atom. The van der Waals surface area contributed by atoms with E-state index in [1.807, 2.05) is 7.05 Å². The Bertz CT molecular complexity index is 244. The van der Waals surface area contributed by atoms with Gasteiger partial charge in [0.05, 0.1) is 0 Å². The van der Waals surface area contributed by atoms with Crippen LogP contribution in [0, 0.1) is 11.3 Å². The van der Waals surface area contributed by atoms with Crippen molar-refractivity contribution in [1.29, 1.82) is 0 Å². The minimum atomic E-state index is 0.259. The zero-order valence-corrected chi connectivity index (χ0v) is 10.3. The van der Waals surface area contributed by atoms with Crippen molar-refractivity contribution in [2.75, 3.05) is 20.1 Å². The maximum absolute atomic E-state index is 11.6. The standard InChI is InChI=1S/C13H24N2O/c1-14-9-13(7-8-13)10-15-12(16)6-5-11-3-2-4-11/h11,14H,2-10H2,1H3,(H,15,16). The molecule has 0 aromatic heterocycles. The molecule has 2 N–H and O–H groups in total. The Labute approximate surface area is 98.4 Å². The summed E-state index contributed by atoms with van der Waals surface area (Å²) in [5, 5.41) is 6.31. The van der Waals surface area contributed by atoms with E-state index in [9.17, 15) is 4.79 Å². The molecule has 0 aromatic rings. The molecule has 2 fully saturated rings. The molecule has 2 saturated carbocycles. The van der Waals surface area contributed by atoms with E-state index in [2.05, 4.69) is 10.6 Å². The first kappa shape index (κ1) is 11.9. The Kier molecular flexibility index (Phi) is 3.85. The molecule has 3 heteroatoms. The van der Waals surface area contributed by atoms with E-state index in [0.717, 1.165) is 31.8 Å². The number of rotatable bonds is 7. The average Bonchev–Trinajstić information content (AvgIpc) is 2.94. The average molecular weight is 224 g/mol. The molecule has 0 atom stereocenters. The Morgan fingerprint density at radius 1 is 1.31 bits per heavy atom. The molecule has 0 saturated heterocycles. The third kappa shape index (κ3) is 3.21. The van der Waals surface area contributed by atoms with Gasteiger partial charge in [-0.2, -0.15) is 0 Å². The number of nitrogens with one attached hydrogen (secondary N) is 2. The summed E-state index contributed by atoms with van der Waals surface area (Å²) in [5.41, 5.74) is 0.390. The van der Waals surface area contributed by atoms with Gasteiger partial charge >= 0.3 is 0 Å². The summed E-state index contributed by atoms with van der Waals surface area (Å²) in [5.74, 6) is 1.10. The van der Waals surface area contributed by atoms with Crippen molar-refractivity contribution in [2.45, 2.75) is 44.9 Å². The number of hydrogen-bond donors (Lipinski definition) is 2. The van der Waals surface area contributed by atoms with E-state index in [1.54, 1.807) is 0 Å². The molecule has 3 nitrogen and oxygen atoms in total. The van der Waals surface area contributed by atoms with Crippen LogP contribution in [0.15, 0.2) is 0 Å². The second-order valence-electron chi connectivity index (χ2n) is 5.64. The van der Waals surface area contributed by atoms with Crippen molar-refractivity contribution >= 4 is 5.91 Å². The highest BCUT2D eigenvalue weighted by atomic mass is 16.1. The maximum Gasteiger partial charge on any atom is 0.220 e. The minimum Gasteiger partial charge on any atom is -0.355 e. The molecule has 0 bridgehead atoms. The fraction of sp³-hybridized carbons (Fsp3) is 0.923. The van der Waals surface area contributed by atoms with Crippen molar-refractivity contribution < 1.29 is 4.79 Å². The molecule has 0 unspecified atom stereocenters. The van der Waals surface area contributed by atoms with Crippen LogP contribution in [0.4, 0.5) is 0 Å². The van der Waals surface area contributed by atoms with E-state index < -0.39 is 0 Å². The monoisotopic (exact) mass is 224 g/mol. The highest BCUT2D eigenvalue weighted by molar-refractivity contribution is 5.75. The molecule has 2 aliphatic carbocycles. The van der Waals surface area contributed by atoms with Gasteiger partial charge in [-0.1, -0.05) is 19.3 Å². The van der Waals surface area contributed by atoms with E-state index in [1.165, 1.54) is 32.1 Å². The molecule has 0 radical (unpaired) electrons. The summed E-state index contributed by atoms with van der Waals surface area (Å²) in [6.07, 6.45) is 8.42. The molecule has 92 valence electrons. The highest BCUT2D eigenvalue weighted by Gasteiger charge is 2.41.